The van der Waals surface area contributed by atoms with Gasteiger partial charge in [-0.2, -0.15) is 0 Å². The first-order chi connectivity index (χ1) is 12.7. The molecule has 132 valence electrons. The first-order valence-electron chi connectivity index (χ1n) is 8.45. The average Bonchev–Trinajstić information content (AvgIpc) is 2.68. The van der Waals surface area contributed by atoms with Crippen molar-refractivity contribution < 1.29 is 14.3 Å². The third-order valence-electron chi connectivity index (χ3n) is 3.76. The first kappa shape index (κ1) is 17.5. The molecule has 26 heavy (non-hydrogen) atoms. The summed E-state index contributed by atoms with van der Waals surface area (Å²) < 4.78 is 11.3. The third-order valence-corrected chi connectivity index (χ3v) is 3.76. The van der Waals surface area contributed by atoms with Crippen molar-refractivity contribution in [1.29, 1.82) is 0 Å². The van der Waals surface area contributed by atoms with Crippen LogP contribution in [-0.2, 0) is 11.4 Å². The van der Waals surface area contributed by atoms with Crippen molar-refractivity contribution in [3.8, 4) is 11.5 Å². The van der Waals surface area contributed by atoms with Gasteiger partial charge in [-0.25, -0.2) is 0 Å². The standard InChI is InChI=1S/C22H21NO3/c1-17-10-12-19(13-11-17)23-22(24)16-26-21-9-5-8-20(14-21)25-15-18-6-3-2-4-7-18/h2-14H,15-16H2,1H3,(H,23,24). The van der Waals surface area contributed by atoms with Gasteiger partial charge in [0.2, 0.25) is 0 Å². The minimum Gasteiger partial charge on any atom is -0.489 e. The van der Waals surface area contributed by atoms with Gasteiger partial charge >= 0.3 is 0 Å². The number of hydrogen-bond donors (Lipinski definition) is 1. The summed E-state index contributed by atoms with van der Waals surface area (Å²) >= 11 is 0. The van der Waals surface area contributed by atoms with Gasteiger partial charge in [-0.15, -0.1) is 0 Å². The van der Waals surface area contributed by atoms with Crippen molar-refractivity contribution in [2.24, 2.45) is 0 Å². The summed E-state index contributed by atoms with van der Waals surface area (Å²) in [6, 6.07) is 24.9. The molecule has 0 aliphatic rings. The van der Waals surface area contributed by atoms with Gasteiger partial charge in [0.05, 0.1) is 0 Å². The zero-order chi connectivity index (χ0) is 18.2. The van der Waals surface area contributed by atoms with E-state index in [1.54, 1.807) is 12.1 Å². The second-order valence-corrected chi connectivity index (χ2v) is 5.95. The van der Waals surface area contributed by atoms with E-state index in [1.165, 1.54) is 0 Å². The van der Waals surface area contributed by atoms with Crippen molar-refractivity contribution in [2.45, 2.75) is 13.5 Å². The van der Waals surface area contributed by atoms with E-state index in [4.69, 9.17) is 9.47 Å². The molecule has 1 N–H and O–H groups in total. The molecule has 3 aromatic rings. The van der Waals surface area contributed by atoms with Gasteiger partial charge in [-0.05, 0) is 36.8 Å². The number of carbonyl (C=O) groups excluding carboxylic acids is 1. The van der Waals surface area contributed by atoms with E-state index < -0.39 is 0 Å². The minimum atomic E-state index is -0.204. The SMILES string of the molecule is Cc1ccc(NC(=O)COc2cccc(OCc3ccccc3)c2)cc1. The molecular weight excluding hydrogens is 326 g/mol. The van der Waals surface area contributed by atoms with E-state index in [-0.39, 0.29) is 12.5 Å². The maximum atomic E-state index is 12.0. The number of amides is 1. The molecule has 0 bridgehead atoms. The van der Waals surface area contributed by atoms with Crippen LogP contribution in [0, 0.1) is 6.92 Å². The largest absolute Gasteiger partial charge is 0.489 e. The van der Waals surface area contributed by atoms with Crippen molar-refractivity contribution in [2.75, 3.05) is 11.9 Å². The first-order valence-corrected chi connectivity index (χ1v) is 8.45. The van der Waals surface area contributed by atoms with Crippen molar-refractivity contribution in [3.05, 3.63) is 90.0 Å². The molecule has 0 saturated carbocycles. The zero-order valence-corrected chi connectivity index (χ0v) is 14.6. The van der Waals surface area contributed by atoms with Crippen molar-refractivity contribution in [1.82, 2.24) is 0 Å². The minimum absolute atomic E-state index is 0.0595. The summed E-state index contributed by atoms with van der Waals surface area (Å²) in [7, 11) is 0. The molecule has 4 heteroatoms. The van der Waals surface area contributed by atoms with Crippen LogP contribution in [-0.4, -0.2) is 12.5 Å². The highest BCUT2D eigenvalue weighted by molar-refractivity contribution is 5.91. The van der Waals surface area contributed by atoms with Gasteiger partial charge in [-0.3, -0.25) is 4.79 Å². The molecule has 0 unspecified atom stereocenters. The van der Waals surface area contributed by atoms with E-state index in [2.05, 4.69) is 5.32 Å². The summed E-state index contributed by atoms with van der Waals surface area (Å²) in [5.74, 6) is 1.09. The summed E-state index contributed by atoms with van der Waals surface area (Å²) in [6.45, 7) is 2.43. The van der Waals surface area contributed by atoms with E-state index in [0.717, 1.165) is 16.8 Å². The van der Waals surface area contributed by atoms with Crippen LogP contribution < -0.4 is 14.8 Å². The Kier molecular flexibility index (Phi) is 5.88. The zero-order valence-electron chi connectivity index (χ0n) is 14.6. The van der Waals surface area contributed by atoms with Crippen LogP contribution in [0.3, 0.4) is 0 Å². The van der Waals surface area contributed by atoms with E-state index >= 15 is 0 Å². The van der Waals surface area contributed by atoms with E-state index in [0.29, 0.717) is 18.1 Å². The van der Waals surface area contributed by atoms with E-state index in [1.807, 2.05) is 73.7 Å². The van der Waals surface area contributed by atoms with Crippen LogP contribution >= 0.6 is 0 Å². The van der Waals surface area contributed by atoms with Gasteiger partial charge < -0.3 is 14.8 Å². The number of anilines is 1. The quantitative estimate of drug-likeness (QED) is 0.680. The van der Waals surface area contributed by atoms with Gasteiger partial charge in [-0.1, -0.05) is 54.1 Å². The number of ether oxygens (including phenoxy) is 2. The van der Waals surface area contributed by atoms with Gasteiger partial charge in [0.25, 0.3) is 5.91 Å². The van der Waals surface area contributed by atoms with Gasteiger partial charge in [0.15, 0.2) is 6.61 Å². The van der Waals surface area contributed by atoms with Crippen LogP contribution in [0.15, 0.2) is 78.9 Å². The van der Waals surface area contributed by atoms with Gasteiger partial charge in [0, 0.05) is 11.8 Å². The summed E-state index contributed by atoms with van der Waals surface area (Å²) in [4.78, 5) is 12.0. The van der Waals surface area contributed by atoms with Gasteiger partial charge in [0.1, 0.15) is 18.1 Å². The monoisotopic (exact) mass is 347 g/mol. The Morgan fingerprint density at radius 2 is 1.54 bits per heavy atom. The Bertz CT molecular complexity index is 845. The molecule has 0 aromatic heterocycles. The fourth-order valence-corrected chi connectivity index (χ4v) is 2.38. The molecule has 0 spiro atoms. The van der Waals surface area contributed by atoms with Crippen LogP contribution in [0.1, 0.15) is 11.1 Å². The van der Waals surface area contributed by atoms with E-state index in [9.17, 15) is 4.79 Å². The molecule has 0 aliphatic heterocycles. The topological polar surface area (TPSA) is 47.6 Å². The smallest absolute Gasteiger partial charge is 0.262 e. The number of aryl methyl sites for hydroxylation is 1. The normalized spacial score (nSPS) is 10.2. The predicted octanol–water partition coefficient (Wildman–Crippen LogP) is 4.59. The lowest BCUT2D eigenvalue weighted by Crippen LogP contribution is -2.20. The summed E-state index contributed by atoms with van der Waals surface area (Å²) in [5, 5.41) is 2.81. The molecule has 0 saturated heterocycles. The van der Waals surface area contributed by atoms with Crippen LogP contribution in [0.4, 0.5) is 5.69 Å². The molecule has 3 aromatic carbocycles. The van der Waals surface area contributed by atoms with Crippen LogP contribution in [0.5, 0.6) is 11.5 Å². The molecule has 0 radical (unpaired) electrons. The lowest BCUT2D eigenvalue weighted by molar-refractivity contribution is -0.118. The fourth-order valence-electron chi connectivity index (χ4n) is 2.38. The molecular formula is C22H21NO3. The number of nitrogens with one attached hydrogen (secondary N) is 1. The van der Waals surface area contributed by atoms with Crippen LogP contribution in [0.2, 0.25) is 0 Å². The molecule has 0 aliphatic carbocycles. The number of carbonyl (C=O) groups is 1. The Morgan fingerprint density at radius 3 is 2.27 bits per heavy atom. The second kappa shape index (κ2) is 8.72. The number of hydrogen-bond acceptors (Lipinski definition) is 3. The average molecular weight is 347 g/mol. The summed E-state index contributed by atoms with van der Waals surface area (Å²) in [6.07, 6.45) is 0. The summed E-state index contributed by atoms with van der Waals surface area (Å²) in [5.41, 5.74) is 2.99. The molecule has 0 atom stereocenters. The second-order valence-electron chi connectivity index (χ2n) is 5.95. The Morgan fingerprint density at radius 1 is 0.846 bits per heavy atom. The highest BCUT2D eigenvalue weighted by Crippen LogP contribution is 2.20. The maximum absolute atomic E-state index is 12.0. The van der Waals surface area contributed by atoms with Crippen LogP contribution in [0.25, 0.3) is 0 Å². The molecule has 0 fully saturated rings. The lowest BCUT2D eigenvalue weighted by Gasteiger charge is -2.10. The Balaban J connectivity index is 1.50. The molecule has 1 amide bonds. The number of rotatable bonds is 7. The molecule has 0 heterocycles. The molecule has 3 rings (SSSR count). The Labute approximate surface area is 153 Å². The predicted molar refractivity (Wildman–Crippen MR) is 103 cm³/mol. The van der Waals surface area contributed by atoms with Crippen molar-refractivity contribution in [3.63, 3.8) is 0 Å². The molecule has 4 nitrogen and oxygen atoms in total. The third kappa shape index (κ3) is 5.38. The van der Waals surface area contributed by atoms with Crippen molar-refractivity contribution >= 4 is 11.6 Å². The Hall–Kier alpha value is -3.27. The number of benzene rings is 3. The maximum Gasteiger partial charge on any atom is 0.262 e. The highest BCUT2D eigenvalue weighted by atomic mass is 16.5. The lowest BCUT2D eigenvalue weighted by atomic mass is 10.2. The fraction of sp³-hybridized carbons (Fsp3) is 0.136. The highest BCUT2D eigenvalue weighted by Gasteiger charge is 2.05.